The van der Waals surface area contributed by atoms with Gasteiger partial charge in [-0.15, -0.1) is 0 Å². The van der Waals surface area contributed by atoms with Gasteiger partial charge >= 0.3 is 6.03 Å². The number of para-hydroxylation sites is 1. The fourth-order valence-electron chi connectivity index (χ4n) is 2.25. The molecular formula is C16H16ClN5O2. The SMILES string of the molecule is Cc1noc(C)c1CNC(=O)Nc1cnn(-c2ccccc2Cl)c1. The molecule has 124 valence electrons. The van der Waals surface area contributed by atoms with Crippen LogP contribution < -0.4 is 10.6 Å². The van der Waals surface area contributed by atoms with Crippen molar-refractivity contribution in [1.82, 2.24) is 20.3 Å². The van der Waals surface area contributed by atoms with Crippen LogP contribution in [0.4, 0.5) is 10.5 Å². The van der Waals surface area contributed by atoms with Crippen molar-refractivity contribution >= 4 is 23.3 Å². The van der Waals surface area contributed by atoms with E-state index in [1.807, 2.05) is 32.0 Å². The van der Waals surface area contributed by atoms with Gasteiger partial charge in [0.05, 0.1) is 34.5 Å². The van der Waals surface area contributed by atoms with Crippen LogP contribution in [0.25, 0.3) is 5.69 Å². The summed E-state index contributed by atoms with van der Waals surface area (Å²) in [7, 11) is 0. The van der Waals surface area contributed by atoms with Crippen molar-refractivity contribution in [3.05, 3.63) is 58.7 Å². The predicted molar refractivity (Wildman–Crippen MR) is 90.4 cm³/mol. The van der Waals surface area contributed by atoms with Crippen molar-refractivity contribution < 1.29 is 9.32 Å². The van der Waals surface area contributed by atoms with Crippen molar-refractivity contribution in [1.29, 1.82) is 0 Å². The van der Waals surface area contributed by atoms with Crippen LogP contribution in [0, 0.1) is 13.8 Å². The van der Waals surface area contributed by atoms with Gasteiger partial charge in [-0.1, -0.05) is 28.9 Å². The molecule has 2 heterocycles. The summed E-state index contributed by atoms with van der Waals surface area (Å²) in [4.78, 5) is 12.0. The lowest BCUT2D eigenvalue weighted by atomic mass is 10.2. The summed E-state index contributed by atoms with van der Waals surface area (Å²) >= 11 is 6.13. The molecule has 0 aliphatic heterocycles. The standard InChI is InChI=1S/C16H16ClN5O2/c1-10-13(11(2)24-21-10)8-18-16(23)20-12-7-19-22(9-12)15-6-4-3-5-14(15)17/h3-7,9H,8H2,1-2H3,(H2,18,20,23). The Bertz CT molecular complexity index is 851. The Morgan fingerprint density at radius 2 is 2.12 bits per heavy atom. The summed E-state index contributed by atoms with van der Waals surface area (Å²) in [6.45, 7) is 3.98. The first-order chi connectivity index (χ1) is 11.5. The number of amides is 2. The number of nitrogens with one attached hydrogen (secondary N) is 2. The van der Waals surface area contributed by atoms with Crippen LogP contribution in [0.2, 0.25) is 5.02 Å². The second-order valence-electron chi connectivity index (χ2n) is 5.24. The number of nitrogens with zero attached hydrogens (tertiary/aromatic N) is 3. The van der Waals surface area contributed by atoms with Gasteiger partial charge in [0.1, 0.15) is 5.76 Å². The maximum absolute atomic E-state index is 12.0. The maximum atomic E-state index is 12.0. The minimum Gasteiger partial charge on any atom is -0.361 e. The Balaban J connectivity index is 1.63. The van der Waals surface area contributed by atoms with Gasteiger partial charge in [0.2, 0.25) is 0 Å². The fraction of sp³-hybridized carbons (Fsp3) is 0.188. The monoisotopic (exact) mass is 345 g/mol. The number of halogens is 1. The van der Waals surface area contributed by atoms with Crippen molar-refractivity contribution in [2.24, 2.45) is 0 Å². The molecule has 7 nitrogen and oxygen atoms in total. The molecule has 0 fully saturated rings. The minimum absolute atomic E-state index is 0.339. The molecule has 24 heavy (non-hydrogen) atoms. The van der Waals surface area contributed by atoms with Gasteiger partial charge in [-0.05, 0) is 26.0 Å². The number of urea groups is 1. The van der Waals surface area contributed by atoms with Gasteiger partial charge in [0.25, 0.3) is 0 Å². The smallest absolute Gasteiger partial charge is 0.319 e. The molecule has 0 saturated carbocycles. The van der Waals surface area contributed by atoms with E-state index in [9.17, 15) is 4.79 Å². The van der Waals surface area contributed by atoms with E-state index in [1.54, 1.807) is 23.1 Å². The number of benzene rings is 1. The number of rotatable bonds is 4. The highest BCUT2D eigenvalue weighted by Crippen LogP contribution is 2.20. The highest BCUT2D eigenvalue weighted by molar-refractivity contribution is 6.32. The van der Waals surface area contributed by atoms with Crippen LogP contribution in [0.3, 0.4) is 0 Å². The Morgan fingerprint density at radius 1 is 1.33 bits per heavy atom. The Labute approximate surface area is 143 Å². The lowest BCUT2D eigenvalue weighted by Gasteiger charge is -2.06. The lowest BCUT2D eigenvalue weighted by Crippen LogP contribution is -2.28. The van der Waals surface area contributed by atoms with Crippen LogP contribution in [-0.4, -0.2) is 21.0 Å². The third kappa shape index (κ3) is 3.41. The zero-order chi connectivity index (χ0) is 17.1. The number of anilines is 1. The van der Waals surface area contributed by atoms with Gasteiger partial charge in [-0.3, -0.25) is 0 Å². The number of carbonyl (C=O) groups excluding carboxylic acids is 1. The average Bonchev–Trinajstić information content (AvgIpc) is 3.13. The largest absolute Gasteiger partial charge is 0.361 e. The molecule has 8 heteroatoms. The van der Waals surface area contributed by atoms with Gasteiger partial charge < -0.3 is 15.2 Å². The lowest BCUT2D eigenvalue weighted by molar-refractivity contribution is 0.251. The van der Waals surface area contributed by atoms with E-state index < -0.39 is 0 Å². The zero-order valence-electron chi connectivity index (χ0n) is 13.2. The van der Waals surface area contributed by atoms with E-state index in [1.165, 1.54) is 0 Å². The Kier molecular flexibility index (Phi) is 4.52. The summed E-state index contributed by atoms with van der Waals surface area (Å²) < 4.78 is 6.67. The zero-order valence-corrected chi connectivity index (χ0v) is 14.0. The molecule has 3 aromatic rings. The number of hydrogen-bond acceptors (Lipinski definition) is 4. The second kappa shape index (κ2) is 6.76. The van der Waals surface area contributed by atoms with E-state index in [2.05, 4.69) is 20.9 Å². The first-order valence-electron chi connectivity index (χ1n) is 7.31. The van der Waals surface area contributed by atoms with Crippen LogP contribution in [0.15, 0.2) is 41.2 Å². The molecule has 2 amide bonds. The molecule has 2 N–H and O–H groups in total. The fourth-order valence-corrected chi connectivity index (χ4v) is 2.48. The molecular weight excluding hydrogens is 330 g/mol. The molecule has 0 aliphatic carbocycles. The van der Waals surface area contributed by atoms with E-state index in [-0.39, 0.29) is 6.03 Å². The highest BCUT2D eigenvalue weighted by atomic mass is 35.5. The second-order valence-corrected chi connectivity index (χ2v) is 5.64. The highest BCUT2D eigenvalue weighted by Gasteiger charge is 2.11. The van der Waals surface area contributed by atoms with Crippen molar-refractivity contribution in [3.63, 3.8) is 0 Å². The van der Waals surface area contributed by atoms with E-state index in [0.717, 1.165) is 16.9 Å². The summed E-state index contributed by atoms with van der Waals surface area (Å²) in [5, 5.41) is 14.1. The summed E-state index contributed by atoms with van der Waals surface area (Å²) in [5.74, 6) is 0.694. The normalized spacial score (nSPS) is 10.6. The van der Waals surface area contributed by atoms with Gasteiger partial charge in [-0.2, -0.15) is 5.10 Å². The summed E-state index contributed by atoms with van der Waals surface area (Å²) in [6.07, 6.45) is 3.25. The molecule has 0 bridgehead atoms. The first-order valence-corrected chi connectivity index (χ1v) is 7.68. The van der Waals surface area contributed by atoms with E-state index in [0.29, 0.717) is 23.0 Å². The number of carbonyl (C=O) groups is 1. The third-order valence-electron chi connectivity index (χ3n) is 3.55. The topological polar surface area (TPSA) is 85.0 Å². The molecule has 2 aromatic heterocycles. The number of aryl methyl sites for hydroxylation is 2. The molecule has 0 unspecified atom stereocenters. The van der Waals surface area contributed by atoms with Crippen molar-refractivity contribution in [3.8, 4) is 5.69 Å². The maximum Gasteiger partial charge on any atom is 0.319 e. The van der Waals surface area contributed by atoms with E-state index in [4.69, 9.17) is 16.1 Å². The van der Waals surface area contributed by atoms with Crippen LogP contribution in [-0.2, 0) is 6.54 Å². The predicted octanol–water partition coefficient (Wildman–Crippen LogP) is 3.45. The molecule has 3 rings (SSSR count). The molecule has 0 spiro atoms. The van der Waals surface area contributed by atoms with Gasteiger partial charge in [0, 0.05) is 12.1 Å². The van der Waals surface area contributed by atoms with E-state index >= 15 is 0 Å². The summed E-state index contributed by atoms with van der Waals surface area (Å²) in [6, 6.07) is 7.00. The molecule has 1 aromatic carbocycles. The number of aromatic nitrogens is 3. The minimum atomic E-state index is -0.339. The Morgan fingerprint density at radius 3 is 2.83 bits per heavy atom. The summed E-state index contributed by atoms with van der Waals surface area (Å²) in [5.41, 5.74) is 2.94. The van der Waals surface area contributed by atoms with Crippen LogP contribution in [0.1, 0.15) is 17.0 Å². The molecule has 0 atom stereocenters. The van der Waals surface area contributed by atoms with Gasteiger partial charge in [-0.25, -0.2) is 9.48 Å². The number of hydrogen-bond donors (Lipinski definition) is 2. The van der Waals surface area contributed by atoms with Crippen molar-refractivity contribution in [2.75, 3.05) is 5.32 Å². The first kappa shape index (κ1) is 16.1. The average molecular weight is 346 g/mol. The van der Waals surface area contributed by atoms with Crippen molar-refractivity contribution in [2.45, 2.75) is 20.4 Å². The molecule has 0 saturated heterocycles. The molecule has 0 aliphatic rings. The van der Waals surface area contributed by atoms with Crippen LogP contribution in [0.5, 0.6) is 0 Å². The van der Waals surface area contributed by atoms with Crippen LogP contribution >= 0.6 is 11.6 Å². The third-order valence-corrected chi connectivity index (χ3v) is 3.87. The van der Waals surface area contributed by atoms with Gasteiger partial charge in [0.15, 0.2) is 0 Å². The molecule has 0 radical (unpaired) electrons. The Hall–Kier alpha value is -2.80. The quantitative estimate of drug-likeness (QED) is 0.758.